The molecule has 0 radical (unpaired) electrons. The van der Waals surface area contributed by atoms with Crippen LogP contribution in [0.2, 0.25) is 0 Å². The Kier molecular flexibility index (Phi) is 4.83. The number of aromatic nitrogens is 1. The van der Waals surface area contributed by atoms with E-state index in [2.05, 4.69) is 15.6 Å². The van der Waals surface area contributed by atoms with Crippen molar-refractivity contribution in [1.29, 1.82) is 0 Å². The molecule has 0 saturated heterocycles. The van der Waals surface area contributed by atoms with E-state index < -0.39 is 0 Å². The Morgan fingerprint density at radius 1 is 1.60 bits per heavy atom. The monoisotopic (exact) mass is 211 g/mol. The molecule has 2 N–H and O–H groups in total. The smallest absolute Gasteiger partial charge is 0.219 e. The lowest BCUT2D eigenvalue weighted by molar-refractivity contribution is -0.120. The van der Waals surface area contributed by atoms with Crippen molar-refractivity contribution in [2.75, 3.05) is 13.6 Å². The molecule has 1 aromatic heterocycles. The van der Waals surface area contributed by atoms with Crippen LogP contribution in [0.3, 0.4) is 0 Å². The van der Waals surface area contributed by atoms with Gasteiger partial charge in [0.1, 0.15) is 5.76 Å². The number of aryl methyl sites for hydroxylation is 1. The molecule has 0 bridgehead atoms. The van der Waals surface area contributed by atoms with Crippen LogP contribution in [0.4, 0.5) is 0 Å². The van der Waals surface area contributed by atoms with Crippen LogP contribution in [0.1, 0.15) is 24.5 Å². The largest absolute Gasteiger partial charge is 0.445 e. The fourth-order valence-electron chi connectivity index (χ4n) is 1.18. The second kappa shape index (κ2) is 6.19. The maximum absolute atomic E-state index is 10.9. The third-order valence-electron chi connectivity index (χ3n) is 1.98. The van der Waals surface area contributed by atoms with Gasteiger partial charge in [0.05, 0.1) is 12.7 Å². The summed E-state index contributed by atoms with van der Waals surface area (Å²) in [5, 5.41) is 5.74. The molecule has 0 unspecified atom stereocenters. The summed E-state index contributed by atoms with van der Waals surface area (Å²) in [5.41, 5.74) is 0. The van der Waals surface area contributed by atoms with Crippen molar-refractivity contribution in [2.45, 2.75) is 26.3 Å². The van der Waals surface area contributed by atoms with E-state index in [0.717, 1.165) is 18.7 Å². The van der Waals surface area contributed by atoms with Crippen LogP contribution in [-0.4, -0.2) is 24.5 Å². The van der Waals surface area contributed by atoms with Crippen LogP contribution in [0.25, 0.3) is 0 Å². The normalized spacial score (nSPS) is 10.3. The lowest BCUT2D eigenvalue weighted by atomic mass is 10.3. The molecular weight excluding hydrogens is 194 g/mol. The van der Waals surface area contributed by atoms with Gasteiger partial charge in [-0.2, -0.15) is 0 Å². The minimum atomic E-state index is 0.0729. The zero-order valence-electron chi connectivity index (χ0n) is 9.17. The molecule has 1 amide bonds. The van der Waals surface area contributed by atoms with Gasteiger partial charge in [-0.3, -0.25) is 4.79 Å². The number of carbonyl (C=O) groups is 1. The molecule has 0 aliphatic rings. The van der Waals surface area contributed by atoms with Crippen LogP contribution >= 0.6 is 0 Å². The fraction of sp³-hybridized carbons (Fsp3) is 0.600. The highest BCUT2D eigenvalue weighted by molar-refractivity contribution is 5.75. The van der Waals surface area contributed by atoms with Gasteiger partial charge in [-0.25, -0.2) is 4.98 Å². The second-order valence-electron chi connectivity index (χ2n) is 3.32. The Morgan fingerprint density at radius 2 is 2.40 bits per heavy atom. The molecule has 0 spiro atoms. The molecular formula is C10H17N3O2. The summed E-state index contributed by atoms with van der Waals surface area (Å²) in [7, 11) is 1.64. The van der Waals surface area contributed by atoms with Crippen molar-refractivity contribution >= 4 is 5.91 Å². The third kappa shape index (κ3) is 4.60. The van der Waals surface area contributed by atoms with Crippen LogP contribution < -0.4 is 10.6 Å². The summed E-state index contributed by atoms with van der Waals surface area (Å²) in [5.74, 6) is 1.58. The Morgan fingerprint density at radius 3 is 3.00 bits per heavy atom. The summed E-state index contributed by atoms with van der Waals surface area (Å²) in [4.78, 5) is 14.9. The summed E-state index contributed by atoms with van der Waals surface area (Å²) < 4.78 is 5.28. The summed E-state index contributed by atoms with van der Waals surface area (Å²) in [6.07, 6.45) is 3.06. The first-order chi connectivity index (χ1) is 7.22. The van der Waals surface area contributed by atoms with Gasteiger partial charge in [-0.15, -0.1) is 0 Å². The molecule has 84 valence electrons. The lowest BCUT2D eigenvalue weighted by Gasteiger charge is -2.01. The van der Waals surface area contributed by atoms with E-state index >= 15 is 0 Å². The Balaban J connectivity index is 2.05. The van der Waals surface area contributed by atoms with Crippen LogP contribution in [0.15, 0.2) is 10.6 Å². The molecule has 1 heterocycles. The first-order valence-electron chi connectivity index (χ1n) is 5.05. The minimum Gasteiger partial charge on any atom is -0.445 e. The number of nitrogens with zero attached hydrogens (tertiary/aromatic N) is 1. The van der Waals surface area contributed by atoms with E-state index in [1.54, 1.807) is 13.2 Å². The molecule has 1 rings (SSSR count). The summed E-state index contributed by atoms with van der Waals surface area (Å²) >= 11 is 0. The minimum absolute atomic E-state index is 0.0729. The number of carbonyl (C=O) groups excluding carboxylic acids is 1. The highest BCUT2D eigenvalue weighted by atomic mass is 16.4. The number of amides is 1. The first kappa shape index (κ1) is 11.7. The predicted octanol–water partition coefficient (Wildman–Crippen LogP) is 0.599. The quantitative estimate of drug-likeness (QED) is 0.676. The van der Waals surface area contributed by atoms with Crippen molar-refractivity contribution < 1.29 is 9.21 Å². The van der Waals surface area contributed by atoms with Gasteiger partial charge in [0, 0.05) is 13.5 Å². The van der Waals surface area contributed by atoms with Crippen LogP contribution in [0, 0.1) is 6.92 Å². The SMILES string of the molecule is CNC(=O)CCCNCc1ncc(C)o1. The average molecular weight is 211 g/mol. The van der Waals surface area contributed by atoms with Gasteiger partial charge in [0.25, 0.3) is 0 Å². The fourth-order valence-corrected chi connectivity index (χ4v) is 1.18. The molecule has 0 aliphatic carbocycles. The molecule has 5 nitrogen and oxygen atoms in total. The zero-order valence-corrected chi connectivity index (χ0v) is 9.17. The molecule has 0 aliphatic heterocycles. The maximum atomic E-state index is 10.9. The number of nitrogens with one attached hydrogen (secondary N) is 2. The molecule has 0 saturated carbocycles. The van der Waals surface area contributed by atoms with E-state index in [1.165, 1.54) is 0 Å². The van der Waals surface area contributed by atoms with E-state index in [4.69, 9.17) is 4.42 Å². The Labute approximate surface area is 89.3 Å². The highest BCUT2D eigenvalue weighted by Crippen LogP contribution is 2.00. The lowest BCUT2D eigenvalue weighted by Crippen LogP contribution is -2.21. The Hall–Kier alpha value is -1.36. The number of hydrogen-bond donors (Lipinski definition) is 2. The van der Waals surface area contributed by atoms with Gasteiger partial charge < -0.3 is 15.1 Å². The second-order valence-corrected chi connectivity index (χ2v) is 3.32. The van der Waals surface area contributed by atoms with E-state index in [1.807, 2.05) is 6.92 Å². The molecule has 1 aromatic rings. The van der Waals surface area contributed by atoms with Crippen molar-refractivity contribution in [3.05, 3.63) is 17.8 Å². The van der Waals surface area contributed by atoms with Crippen molar-refractivity contribution in [3.8, 4) is 0 Å². The van der Waals surface area contributed by atoms with Crippen molar-refractivity contribution in [3.63, 3.8) is 0 Å². The number of hydrogen-bond acceptors (Lipinski definition) is 4. The molecule has 0 aromatic carbocycles. The van der Waals surface area contributed by atoms with Gasteiger partial charge in [-0.05, 0) is 19.9 Å². The number of oxazole rings is 1. The predicted molar refractivity (Wildman–Crippen MR) is 56.2 cm³/mol. The topological polar surface area (TPSA) is 67.2 Å². The first-order valence-corrected chi connectivity index (χ1v) is 5.05. The Bertz CT molecular complexity index is 309. The van der Waals surface area contributed by atoms with Gasteiger partial charge in [-0.1, -0.05) is 0 Å². The van der Waals surface area contributed by atoms with Gasteiger partial charge >= 0.3 is 0 Å². The average Bonchev–Trinajstić information content (AvgIpc) is 2.63. The van der Waals surface area contributed by atoms with Crippen molar-refractivity contribution in [1.82, 2.24) is 15.6 Å². The maximum Gasteiger partial charge on any atom is 0.219 e. The van der Waals surface area contributed by atoms with E-state index in [9.17, 15) is 4.79 Å². The molecule has 0 fully saturated rings. The molecule has 0 atom stereocenters. The van der Waals surface area contributed by atoms with Crippen LogP contribution in [0.5, 0.6) is 0 Å². The summed E-state index contributed by atoms with van der Waals surface area (Å²) in [6.45, 7) is 3.26. The standard InChI is InChI=1S/C10H17N3O2/c1-8-6-13-10(15-8)7-12-5-3-4-9(14)11-2/h6,12H,3-5,7H2,1-2H3,(H,11,14). The van der Waals surface area contributed by atoms with Crippen molar-refractivity contribution in [2.24, 2.45) is 0 Å². The van der Waals surface area contributed by atoms with E-state index in [-0.39, 0.29) is 5.91 Å². The summed E-state index contributed by atoms with van der Waals surface area (Å²) in [6, 6.07) is 0. The third-order valence-corrected chi connectivity index (χ3v) is 1.98. The molecule has 15 heavy (non-hydrogen) atoms. The molecule has 5 heteroatoms. The highest BCUT2D eigenvalue weighted by Gasteiger charge is 2.00. The van der Waals surface area contributed by atoms with Crippen LogP contribution in [-0.2, 0) is 11.3 Å². The number of rotatable bonds is 6. The van der Waals surface area contributed by atoms with Gasteiger partial charge in [0.15, 0.2) is 0 Å². The van der Waals surface area contributed by atoms with Gasteiger partial charge in [0.2, 0.25) is 11.8 Å². The van der Waals surface area contributed by atoms with E-state index in [0.29, 0.717) is 18.9 Å². The zero-order chi connectivity index (χ0) is 11.1.